The lowest BCUT2D eigenvalue weighted by molar-refractivity contribution is -0.117. The molecule has 64 heavy (non-hydrogen) atoms. The Morgan fingerprint density at radius 2 is 1.08 bits per heavy atom. The van der Waals surface area contributed by atoms with Crippen LogP contribution >= 0.6 is 0 Å². The first-order valence-electron chi connectivity index (χ1n) is 19.1. The predicted octanol–water partition coefficient (Wildman–Crippen LogP) is 6.89. The molecule has 17 nitrogen and oxygen atoms in total. The van der Waals surface area contributed by atoms with E-state index in [9.17, 15) is 49.3 Å². The molecule has 322 valence electrons. The summed E-state index contributed by atoms with van der Waals surface area (Å²) in [6.45, 7) is 0. The van der Waals surface area contributed by atoms with E-state index >= 15 is 0 Å². The van der Waals surface area contributed by atoms with Crippen LogP contribution in [0.25, 0.3) is 11.1 Å². The van der Waals surface area contributed by atoms with Gasteiger partial charge >= 0.3 is 5.97 Å². The van der Waals surface area contributed by atoms with E-state index in [-0.39, 0.29) is 57.6 Å². The molecule has 6 aromatic carbocycles. The number of carboxylic acids is 1. The van der Waals surface area contributed by atoms with E-state index in [2.05, 4.69) is 26.6 Å². The average molecular weight is 863 g/mol. The summed E-state index contributed by atoms with van der Waals surface area (Å²) in [5.74, 6) is -6.63. The summed E-state index contributed by atoms with van der Waals surface area (Å²) >= 11 is 0. The highest BCUT2D eigenvalue weighted by Gasteiger charge is 2.25. The quantitative estimate of drug-likeness (QED) is 0.0525. The van der Waals surface area contributed by atoms with Gasteiger partial charge in [-0.1, -0.05) is 42.5 Å². The molecule has 0 bridgehead atoms. The Kier molecular flexibility index (Phi) is 13.8. The van der Waals surface area contributed by atoms with Crippen molar-refractivity contribution in [1.82, 2.24) is 5.32 Å². The Morgan fingerprint density at radius 3 is 1.66 bits per heavy atom. The number of nitrogens with zero attached hydrogens (tertiary/aromatic N) is 1. The van der Waals surface area contributed by atoms with Crippen molar-refractivity contribution in [3.8, 4) is 40.2 Å². The number of nitriles is 1. The van der Waals surface area contributed by atoms with Crippen LogP contribution in [-0.4, -0.2) is 71.1 Å². The minimum absolute atomic E-state index is 0.0146. The number of rotatable bonds is 15. The zero-order valence-electron chi connectivity index (χ0n) is 34.0. The number of hydrogen-bond acceptors (Lipinski definition) is 11. The largest absolute Gasteiger partial charge is 0.504 e. The van der Waals surface area contributed by atoms with Crippen LogP contribution in [0.4, 0.5) is 22.7 Å². The Labute approximate surface area is 364 Å². The summed E-state index contributed by atoms with van der Waals surface area (Å²) in [4.78, 5) is 77.1. The predicted molar refractivity (Wildman–Crippen MR) is 235 cm³/mol. The molecule has 5 amide bonds. The van der Waals surface area contributed by atoms with Crippen molar-refractivity contribution < 1.29 is 53.6 Å². The molecule has 0 saturated carbocycles. The van der Waals surface area contributed by atoms with Crippen molar-refractivity contribution in [3.63, 3.8) is 0 Å². The maximum absolute atomic E-state index is 13.2. The Bertz CT molecular complexity index is 2810. The van der Waals surface area contributed by atoms with Gasteiger partial charge in [-0.3, -0.25) is 24.0 Å². The highest BCUT2D eigenvalue weighted by molar-refractivity contribution is 6.11. The molecule has 8 N–H and O–H groups in total. The lowest BCUT2D eigenvalue weighted by atomic mass is 10.0. The van der Waals surface area contributed by atoms with Crippen LogP contribution in [0.15, 0.2) is 127 Å². The fourth-order valence-electron chi connectivity index (χ4n) is 6.35. The summed E-state index contributed by atoms with van der Waals surface area (Å²) in [6.07, 6.45) is -0.360. The number of aromatic hydroxyl groups is 2. The second-order valence-electron chi connectivity index (χ2n) is 13.7. The van der Waals surface area contributed by atoms with E-state index in [1.54, 1.807) is 18.2 Å². The molecule has 0 fully saturated rings. The lowest BCUT2D eigenvalue weighted by Gasteiger charge is -2.17. The van der Waals surface area contributed by atoms with Crippen molar-refractivity contribution in [2.75, 3.05) is 35.5 Å². The second kappa shape index (κ2) is 19.9. The van der Waals surface area contributed by atoms with Crippen molar-refractivity contribution in [1.29, 1.82) is 5.26 Å². The van der Waals surface area contributed by atoms with E-state index in [1.807, 2.05) is 42.5 Å². The van der Waals surface area contributed by atoms with E-state index in [0.717, 1.165) is 24.3 Å². The molecule has 0 saturated heterocycles. The van der Waals surface area contributed by atoms with Gasteiger partial charge in [0.05, 0.1) is 43.6 Å². The van der Waals surface area contributed by atoms with Crippen molar-refractivity contribution in [3.05, 3.63) is 155 Å². The van der Waals surface area contributed by atoms with Gasteiger partial charge in [-0.2, -0.15) is 5.26 Å². The third-order valence-corrected chi connectivity index (χ3v) is 9.61. The molecule has 6 aromatic rings. The van der Waals surface area contributed by atoms with E-state index < -0.39 is 52.7 Å². The zero-order valence-corrected chi connectivity index (χ0v) is 34.0. The van der Waals surface area contributed by atoms with Crippen LogP contribution in [0.1, 0.15) is 58.2 Å². The maximum Gasteiger partial charge on any atom is 0.339 e. The number of carbonyl (C=O) groups is 6. The van der Waals surface area contributed by atoms with Gasteiger partial charge < -0.3 is 51.4 Å². The molecule has 0 aliphatic heterocycles. The number of ether oxygens (including phenoxy) is 2. The molecule has 0 aliphatic carbocycles. The smallest absolute Gasteiger partial charge is 0.339 e. The molecule has 0 unspecified atom stereocenters. The van der Waals surface area contributed by atoms with Gasteiger partial charge in [0, 0.05) is 28.1 Å². The number of hydrogen-bond donors (Lipinski definition) is 8. The van der Waals surface area contributed by atoms with Crippen LogP contribution in [0.3, 0.4) is 0 Å². The van der Waals surface area contributed by atoms with Crippen LogP contribution in [0.5, 0.6) is 23.0 Å². The fourth-order valence-corrected chi connectivity index (χ4v) is 6.35. The van der Waals surface area contributed by atoms with Crippen LogP contribution in [0, 0.1) is 11.3 Å². The van der Waals surface area contributed by atoms with Crippen molar-refractivity contribution in [2.24, 2.45) is 0 Å². The molecule has 0 radical (unpaired) electrons. The first-order valence-corrected chi connectivity index (χ1v) is 19.1. The van der Waals surface area contributed by atoms with E-state index in [1.165, 1.54) is 73.8 Å². The molecule has 0 aromatic heterocycles. The summed E-state index contributed by atoms with van der Waals surface area (Å²) in [7, 11) is 2.36. The Hall–Kier alpha value is -9.17. The summed E-state index contributed by atoms with van der Waals surface area (Å²) in [5, 5.41) is 52.9. The average Bonchev–Trinajstić information content (AvgIpc) is 3.29. The number of nitrogens with one attached hydrogen (secondary N) is 5. The van der Waals surface area contributed by atoms with Gasteiger partial charge in [-0.05, 0) is 96.1 Å². The third-order valence-electron chi connectivity index (χ3n) is 9.61. The second-order valence-corrected chi connectivity index (χ2v) is 13.7. The molecular formula is C47H38N6O11. The normalized spacial score (nSPS) is 10.9. The van der Waals surface area contributed by atoms with Crippen LogP contribution in [0.2, 0.25) is 0 Å². The van der Waals surface area contributed by atoms with E-state index in [4.69, 9.17) is 9.47 Å². The lowest BCUT2D eigenvalue weighted by Crippen LogP contribution is -2.43. The van der Waals surface area contributed by atoms with Gasteiger partial charge in [-0.15, -0.1) is 0 Å². The number of carbonyl (C=O) groups excluding carboxylic acids is 5. The number of phenols is 2. The minimum Gasteiger partial charge on any atom is -0.504 e. The summed E-state index contributed by atoms with van der Waals surface area (Å²) in [5.41, 5.74) is 2.37. The first kappa shape index (κ1) is 44.4. The van der Waals surface area contributed by atoms with Crippen LogP contribution < -0.4 is 36.1 Å². The SMILES string of the molecule is COc1c(NC(=O)c2ccc(NC(=O)c3ccc(NC(=O)[C@H](CC#N)NC(=O)c4ccc(NC(=O)c5cccc(-c6ccccc6)c5)cc4)cc3)c(OC)c2O)ccc(C(=O)O)c1O. The molecule has 6 rings (SSSR count). The number of anilines is 4. The highest BCUT2D eigenvalue weighted by Crippen LogP contribution is 2.40. The summed E-state index contributed by atoms with van der Waals surface area (Å²) in [6, 6.07) is 33.8. The molecule has 1 atom stereocenters. The number of methoxy groups -OCH3 is 2. The molecule has 17 heteroatoms. The van der Waals surface area contributed by atoms with Crippen molar-refractivity contribution in [2.45, 2.75) is 12.5 Å². The molecule has 0 heterocycles. The van der Waals surface area contributed by atoms with Gasteiger partial charge in [-0.25, -0.2) is 4.79 Å². The molecule has 0 aliphatic rings. The van der Waals surface area contributed by atoms with Gasteiger partial charge in [0.1, 0.15) is 11.6 Å². The number of phenolic OH excluding ortho intramolecular Hbond substituents is 1. The topological polar surface area (TPSA) is 266 Å². The minimum atomic E-state index is -1.42. The number of aromatic carboxylic acids is 1. The number of amides is 5. The summed E-state index contributed by atoms with van der Waals surface area (Å²) < 4.78 is 10.4. The monoisotopic (exact) mass is 862 g/mol. The number of carboxylic acid groups (broad SMARTS) is 1. The zero-order chi connectivity index (χ0) is 45.9. The van der Waals surface area contributed by atoms with Gasteiger partial charge in [0.25, 0.3) is 23.6 Å². The first-order chi connectivity index (χ1) is 30.8. The highest BCUT2D eigenvalue weighted by atomic mass is 16.5. The number of benzene rings is 6. The molecular weight excluding hydrogens is 825 g/mol. The van der Waals surface area contributed by atoms with Gasteiger partial charge in [0.15, 0.2) is 23.0 Å². The Balaban J connectivity index is 1.05. The van der Waals surface area contributed by atoms with Crippen LogP contribution in [-0.2, 0) is 4.79 Å². The maximum atomic E-state index is 13.2. The third kappa shape index (κ3) is 10.2. The Morgan fingerprint density at radius 1 is 0.562 bits per heavy atom. The van der Waals surface area contributed by atoms with Crippen molar-refractivity contribution >= 4 is 58.3 Å². The standard InChI is InChI=1S/C47H38N6O11/c1-63-40-35(21-19-33(38(40)54)45(59)52-36-22-20-34(47(61)62)39(55)41(36)64-2)51-42(56)27-13-17-32(18-14-27)50-46(60)37(23-24-48)53-43(57)28-11-15-31(16-12-28)49-44(58)30-10-6-9-29(25-30)26-7-4-3-5-8-26/h3-22,25,37,54-55H,23H2,1-2H3,(H,49,58)(H,50,60)(H,51,56)(H,52,59)(H,53,57)(H,61,62)/t37-/m0/s1. The fraction of sp³-hybridized carbons (Fsp3) is 0.0851. The molecule has 0 spiro atoms. The van der Waals surface area contributed by atoms with E-state index in [0.29, 0.717) is 11.3 Å². The van der Waals surface area contributed by atoms with Gasteiger partial charge in [0.2, 0.25) is 5.91 Å².